The van der Waals surface area contributed by atoms with Crippen LogP contribution in [0.1, 0.15) is 17.7 Å². The maximum absolute atomic E-state index is 12.3. The number of rotatable bonds is 3. The van der Waals surface area contributed by atoms with Gasteiger partial charge in [0.05, 0.1) is 12.0 Å². The Morgan fingerprint density at radius 3 is 3.05 bits per heavy atom. The molecular formula is C15H14O4. The molecule has 1 saturated heterocycles. The summed E-state index contributed by atoms with van der Waals surface area (Å²) in [7, 11) is 0. The molecule has 19 heavy (non-hydrogen) atoms. The van der Waals surface area contributed by atoms with E-state index in [4.69, 9.17) is 13.9 Å². The summed E-state index contributed by atoms with van der Waals surface area (Å²) in [5.41, 5.74) is 1.60. The van der Waals surface area contributed by atoms with Gasteiger partial charge in [0, 0.05) is 18.1 Å². The van der Waals surface area contributed by atoms with E-state index in [1.807, 2.05) is 6.07 Å². The third kappa shape index (κ3) is 1.92. The Labute approximate surface area is 109 Å². The number of fused-ring (bicyclic) bond motifs is 2. The molecule has 1 fully saturated rings. The van der Waals surface area contributed by atoms with Crippen LogP contribution in [0.15, 0.2) is 27.4 Å². The van der Waals surface area contributed by atoms with E-state index in [1.165, 1.54) is 0 Å². The van der Waals surface area contributed by atoms with E-state index >= 15 is 0 Å². The third-order valence-electron chi connectivity index (χ3n) is 3.71. The van der Waals surface area contributed by atoms with Gasteiger partial charge in [-0.1, -0.05) is 0 Å². The molecule has 2 heterocycles. The van der Waals surface area contributed by atoms with Gasteiger partial charge in [0.25, 0.3) is 0 Å². The fraction of sp³-hybridized carbons (Fsp3) is 0.400. The van der Waals surface area contributed by atoms with Crippen molar-refractivity contribution < 1.29 is 13.9 Å². The Morgan fingerprint density at radius 2 is 2.21 bits per heavy atom. The number of benzene rings is 1. The van der Waals surface area contributed by atoms with E-state index in [-0.39, 0.29) is 11.5 Å². The molecule has 0 spiro atoms. The van der Waals surface area contributed by atoms with E-state index in [9.17, 15) is 4.79 Å². The highest BCUT2D eigenvalue weighted by Crippen LogP contribution is 2.26. The molecule has 0 amide bonds. The number of hydrogen-bond donors (Lipinski definition) is 0. The van der Waals surface area contributed by atoms with Gasteiger partial charge in [-0.2, -0.15) is 0 Å². The number of ether oxygens (including phenoxy) is 2. The summed E-state index contributed by atoms with van der Waals surface area (Å²) in [4.78, 5) is 12.3. The largest absolute Gasteiger partial charge is 0.491 e. The van der Waals surface area contributed by atoms with Crippen LogP contribution in [-0.4, -0.2) is 19.3 Å². The minimum absolute atomic E-state index is 0.117. The molecule has 0 radical (unpaired) electrons. The van der Waals surface area contributed by atoms with Crippen LogP contribution in [0, 0.1) is 0 Å². The highest BCUT2D eigenvalue weighted by atomic mass is 16.6. The zero-order valence-corrected chi connectivity index (χ0v) is 10.5. The zero-order chi connectivity index (χ0) is 12.8. The molecule has 98 valence electrons. The summed E-state index contributed by atoms with van der Waals surface area (Å²) in [5.74, 6) is 1.57. The lowest BCUT2D eigenvalue weighted by molar-refractivity contribution is 0.263. The van der Waals surface area contributed by atoms with Crippen molar-refractivity contribution in [3.63, 3.8) is 0 Å². The van der Waals surface area contributed by atoms with Gasteiger partial charge in [-0.3, -0.25) is 4.79 Å². The van der Waals surface area contributed by atoms with Gasteiger partial charge in [0.15, 0.2) is 5.43 Å². The lowest BCUT2D eigenvalue weighted by Crippen LogP contribution is -2.09. The first-order valence-electron chi connectivity index (χ1n) is 6.64. The van der Waals surface area contributed by atoms with Crippen LogP contribution in [0.3, 0.4) is 0 Å². The minimum atomic E-state index is 0.117. The van der Waals surface area contributed by atoms with Gasteiger partial charge in [-0.05, 0) is 25.0 Å². The predicted molar refractivity (Wildman–Crippen MR) is 69.7 cm³/mol. The Bertz CT molecular complexity index is 697. The van der Waals surface area contributed by atoms with Crippen molar-refractivity contribution in [3.05, 3.63) is 39.7 Å². The minimum Gasteiger partial charge on any atom is -0.491 e. The van der Waals surface area contributed by atoms with Crippen molar-refractivity contribution in [1.29, 1.82) is 0 Å². The lowest BCUT2D eigenvalue weighted by Gasteiger charge is -2.06. The summed E-state index contributed by atoms with van der Waals surface area (Å²) in [6.45, 7) is 1.33. The first-order chi connectivity index (χ1) is 9.31. The summed E-state index contributed by atoms with van der Waals surface area (Å²) in [6.07, 6.45) is 2.93. The molecular weight excluding hydrogens is 244 g/mol. The van der Waals surface area contributed by atoms with Gasteiger partial charge in [-0.15, -0.1) is 0 Å². The second-order valence-corrected chi connectivity index (χ2v) is 5.11. The Balaban J connectivity index is 1.76. The molecule has 0 saturated carbocycles. The van der Waals surface area contributed by atoms with Crippen LogP contribution in [0.5, 0.6) is 5.75 Å². The fourth-order valence-electron chi connectivity index (χ4n) is 2.58. The highest BCUT2D eigenvalue weighted by Gasteiger charge is 2.23. The van der Waals surface area contributed by atoms with Crippen molar-refractivity contribution in [1.82, 2.24) is 0 Å². The first kappa shape index (κ1) is 11.1. The molecule has 4 heteroatoms. The van der Waals surface area contributed by atoms with Crippen molar-refractivity contribution in [2.75, 3.05) is 13.2 Å². The van der Waals surface area contributed by atoms with Crippen molar-refractivity contribution >= 4 is 11.0 Å². The van der Waals surface area contributed by atoms with Gasteiger partial charge in [-0.25, -0.2) is 0 Å². The molecule has 4 rings (SSSR count). The van der Waals surface area contributed by atoms with Crippen LogP contribution in [0.25, 0.3) is 11.0 Å². The number of aryl methyl sites for hydroxylation is 1. The third-order valence-corrected chi connectivity index (χ3v) is 3.71. The summed E-state index contributed by atoms with van der Waals surface area (Å²) in [5, 5.41) is 0.649. The lowest BCUT2D eigenvalue weighted by atomic mass is 10.1. The number of hydrogen-bond acceptors (Lipinski definition) is 4. The maximum atomic E-state index is 12.3. The number of epoxide rings is 1. The smallest absolute Gasteiger partial charge is 0.196 e. The van der Waals surface area contributed by atoms with Gasteiger partial charge < -0.3 is 13.9 Å². The summed E-state index contributed by atoms with van der Waals surface area (Å²) >= 11 is 0. The predicted octanol–water partition coefficient (Wildman–Crippen LogP) is 2.06. The maximum Gasteiger partial charge on any atom is 0.196 e. The molecule has 4 nitrogen and oxygen atoms in total. The highest BCUT2D eigenvalue weighted by molar-refractivity contribution is 5.79. The van der Waals surface area contributed by atoms with E-state index in [0.717, 1.165) is 42.9 Å². The molecule has 0 N–H and O–H groups in total. The molecule has 1 aromatic heterocycles. The standard InChI is InChI=1S/C15H14O4/c16-15-11-2-1-3-13(11)19-14-6-9(4-5-12(14)15)17-7-10-8-18-10/h4-6,10H,1-3,7-8H2/t10-/m0/s1. The summed E-state index contributed by atoms with van der Waals surface area (Å²) in [6, 6.07) is 5.42. The Hall–Kier alpha value is -1.81. The first-order valence-corrected chi connectivity index (χ1v) is 6.64. The van der Waals surface area contributed by atoms with Crippen molar-refractivity contribution in [3.8, 4) is 5.75 Å². The van der Waals surface area contributed by atoms with Gasteiger partial charge in [0.2, 0.25) is 0 Å². The fourth-order valence-corrected chi connectivity index (χ4v) is 2.58. The van der Waals surface area contributed by atoms with Crippen LogP contribution in [0.2, 0.25) is 0 Å². The van der Waals surface area contributed by atoms with Crippen LogP contribution < -0.4 is 10.2 Å². The van der Waals surface area contributed by atoms with E-state index in [2.05, 4.69) is 0 Å². The molecule has 1 aliphatic heterocycles. The Kier molecular flexibility index (Phi) is 2.38. The summed E-state index contributed by atoms with van der Waals surface area (Å²) < 4.78 is 16.5. The molecule has 0 bridgehead atoms. The molecule has 1 aromatic carbocycles. The van der Waals surface area contributed by atoms with Gasteiger partial charge in [0.1, 0.15) is 29.8 Å². The van der Waals surface area contributed by atoms with Crippen LogP contribution >= 0.6 is 0 Å². The normalized spacial score (nSPS) is 20.5. The molecule has 0 unspecified atom stereocenters. The topological polar surface area (TPSA) is 52.0 Å². The second kappa shape index (κ2) is 4.10. The quantitative estimate of drug-likeness (QED) is 0.791. The SMILES string of the molecule is O=c1c2c(oc3cc(OC[C@H]4CO4)ccc13)CCC2. The zero-order valence-electron chi connectivity index (χ0n) is 10.5. The average Bonchev–Trinajstić information content (AvgIpc) is 3.13. The van der Waals surface area contributed by atoms with Crippen molar-refractivity contribution in [2.24, 2.45) is 0 Å². The van der Waals surface area contributed by atoms with Crippen LogP contribution in [0.4, 0.5) is 0 Å². The average molecular weight is 258 g/mol. The van der Waals surface area contributed by atoms with Crippen molar-refractivity contribution in [2.45, 2.75) is 25.4 Å². The second-order valence-electron chi connectivity index (χ2n) is 5.11. The Morgan fingerprint density at radius 1 is 1.32 bits per heavy atom. The molecule has 2 aliphatic rings. The van der Waals surface area contributed by atoms with Crippen LogP contribution in [-0.2, 0) is 17.6 Å². The van der Waals surface area contributed by atoms with E-state index in [1.54, 1.807) is 12.1 Å². The van der Waals surface area contributed by atoms with E-state index < -0.39 is 0 Å². The monoisotopic (exact) mass is 258 g/mol. The van der Waals surface area contributed by atoms with Gasteiger partial charge >= 0.3 is 0 Å². The molecule has 1 aliphatic carbocycles. The molecule has 2 aromatic rings. The van der Waals surface area contributed by atoms with E-state index in [0.29, 0.717) is 17.6 Å². The molecule has 1 atom stereocenters.